The van der Waals surface area contributed by atoms with Crippen molar-refractivity contribution in [1.29, 1.82) is 0 Å². The Bertz CT molecular complexity index is 1470. The number of benzene rings is 3. The van der Waals surface area contributed by atoms with E-state index < -0.39 is 45.8 Å². The van der Waals surface area contributed by atoms with Gasteiger partial charge in [0.25, 0.3) is 10.0 Å². The van der Waals surface area contributed by atoms with Crippen molar-refractivity contribution in [3.05, 3.63) is 93.7 Å². The Labute approximate surface area is 244 Å². The molecule has 0 heterocycles. The van der Waals surface area contributed by atoms with Gasteiger partial charge in [0.05, 0.1) is 20.6 Å². The van der Waals surface area contributed by atoms with Crippen LogP contribution in [0.2, 0.25) is 10.0 Å². The standard InChI is InChI=1S/C29H32Cl2FN3O4S/c1-19-9-15-23(16-10-19)40(38,39)35(25-8-6-7-24(30)27(25)31)18-26(36)34(17-21-11-13-22(32)14-12-21)20(2)28(37)33-29(3,4)5/h6-16,20H,17-18H2,1-5H3,(H,33,37)/t20-/m1/s1. The summed E-state index contributed by atoms with van der Waals surface area (Å²) in [6.45, 7) is 8.04. The number of carbonyl (C=O) groups excluding carboxylic acids is 2. The number of anilines is 1. The number of carbonyl (C=O) groups is 2. The predicted octanol–water partition coefficient (Wildman–Crippen LogP) is 5.97. The van der Waals surface area contributed by atoms with Gasteiger partial charge >= 0.3 is 0 Å². The summed E-state index contributed by atoms with van der Waals surface area (Å²) in [5.74, 6) is -1.56. The van der Waals surface area contributed by atoms with Crippen LogP contribution in [0.3, 0.4) is 0 Å². The van der Waals surface area contributed by atoms with Gasteiger partial charge in [0, 0.05) is 12.1 Å². The number of nitrogens with zero attached hydrogens (tertiary/aromatic N) is 2. The zero-order valence-corrected chi connectivity index (χ0v) is 25.2. The second-order valence-electron chi connectivity index (χ2n) is 10.5. The number of aryl methyl sites for hydroxylation is 1. The first kappa shape index (κ1) is 31.4. The van der Waals surface area contributed by atoms with Crippen LogP contribution in [0.25, 0.3) is 0 Å². The minimum Gasteiger partial charge on any atom is -0.350 e. The summed E-state index contributed by atoms with van der Waals surface area (Å²) in [6, 6.07) is 15.2. The molecule has 11 heteroatoms. The Balaban J connectivity index is 2.08. The highest BCUT2D eigenvalue weighted by atomic mass is 35.5. The van der Waals surface area contributed by atoms with Crippen LogP contribution in [0.1, 0.15) is 38.8 Å². The smallest absolute Gasteiger partial charge is 0.264 e. The van der Waals surface area contributed by atoms with Crippen molar-refractivity contribution in [2.24, 2.45) is 0 Å². The Morgan fingerprint density at radius 3 is 2.15 bits per heavy atom. The maximum Gasteiger partial charge on any atom is 0.264 e. The molecule has 0 fully saturated rings. The van der Waals surface area contributed by atoms with Gasteiger partial charge in [-0.2, -0.15) is 0 Å². The molecule has 3 aromatic carbocycles. The fourth-order valence-electron chi connectivity index (χ4n) is 3.88. The average molecular weight is 609 g/mol. The molecule has 3 aromatic rings. The van der Waals surface area contributed by atoms with E-state index in [2.05, 4.69) is 5.32 Å². The summed E-state index contributed by atoms with van der Waals surface area (Å²) >= 11 is 12.7. The second kappa shape index (κ2) is 12.6. The van der Waals surface area contributed by atoms with Crippen molar-refractivity contribution >= 4 is 50.7 Å². The molecular weight excluding hydrogens is 576 g/mol. The molecule has 0 saturated carbocycles. The highest BCUT2D eigenvalue weighted by Crippen LogP contribution is 2.35. The van der Waals surface area contributed by atoms with Crippen LogP contribution >= 0.6 is 23.2 Å². The van der Waals surface area contributed by atoms with E-state index >= 15 is 0 Å². The van der Waals surface area contributed by atoms with Crippen molar-refractivity contribution in [2.75, 3.05) is 10.8 Å². The molecule has 0 saturated heterocycles. The SMILES string of the molecule is Cc1ccc(S(=O)(=O)N(CC(=O)N(Cc2ccc(F)cc2)[C@H](C)C(=O)NC(C)(C)C)c2cccc(Cl)c2Cl)cc1. The van der Waals surface area contributed by atoms with Gasteiger partial charge in [-0.05, 0) is 76.6 Å². The summed E-state index contributed by atoms with van der Waals surface area (Å²) in [5.41, 5.74) is 0.840. The van der Waals surface area contributed by atoms with Gasteiger partial charge in [-0.15, -0.1) is 0 Å². The Hall–Kier alpha value is -3.14. The van der Waals surface area contributed by atoms with E-state index in [0.717, 1.165) is 9.87 Å². The number of hydrogen-bond donors (Lipinski definition) is 1. The first-order valence-corrected chi connectivity index (χ1v) is 14.7. The van der Waals surface area contributed by atoms with E-state index in [-0.39, 0.29) is 27.2 Å². The van der Waals surface area contributed by atoms with Gasteiger partial charge in [0.15, 0.2) is 0 Å². The molecule has 7 nitrogen and oxygen atoms in total. The number of hydrogen-bond acceptors (Lipinski definition) is 4. The first-order valence-electron chi connectivity index (χ1n) is 12.5. The van der Waals surface area contributed by atoms with Crippen molar-refractivity contribution in [2.45, 2.75) is 57.6 Å². The number of sulfonamides is 1. The Kier molecular flexibility index (Phi) is 9.87. The summed E-state index contributed by atoms with van der Waals surface area (Å²) in [6.07, 6.45) is 0. The lowest BCUT2D eigenvalue weighted by Gasteiger charge is -2.33. The van der Waals surface area contributed by atoms with E-state index in [4.69, 9.17) is 23.2 Å². The van der Waals surface area contributed by atoms with Gasteiger partial charge in [0.1, 0.15) is 18.4 Å². The fraction of sp³-hybridized carbons (Fsp3) is 0.310. The fourth-order valence-corrected chi connectivity index (χ4v) is 5.75. The van der Waals surface area contributed by atoms with E-state index in [1.165, 1.54) is 59.5 Å². The van der Waals surface area contributed by atoms with E-state index in [1.54, 1.807) is 39.8 Å². The van der Waals surface area contributed by atoms with Crippen molar-refractivity contribution in [3.8, 4) is 0 Å². The van der Waals surface area contributed by atoms with Gasteiger partial charge in [0.2, 0.25) is 11.8 Å². The molecule has 0 radical (unpaired) electrons. The van der Waals surface area contributed by atoms with Crippen LogP contribution < -0.4 is 9.62 Å². The lowest BCUT2D eigenvalue weighted by Crippen LogP contribution is -2.54. The second-order valence-corrected chi connectivity index (χ2v) is 13.1. The quantitative estimate of drug-likeness (QED) is 0.325. The van der Waals surface area contributed by atoms with Crippen LogP contribution in [0.5, 0.6) is 0 Å². The van der Waals surface area contributed by atoms with Gasteiger partial charge < -0.3 is 10.2 Å². The molecule has 0 aliphatic rings. The molecule has 0 bridgehead atoms. The molecule has 214 valence electrons. The third kappa shape index (κ3) is 7.74. The van der Waals surface area contributed by atoms with Crippen LogP contribution in [0.4, 0.5) is 10.1 Å². The topological polar surface area (TPSA) is 86.8 Å². The van der Waals surface area contributed by atoms with Gasteiger partial charge in [-0.3, -0.25) is 13.9 Å². The molecule has 1 atom stereocenters. The molecule has 40 heavy (non-hydrogen) atoms. The normalized spacial score (nSPS) is 12.5. The van der Waals surface area contributed by atoms with Crippen LogP contribution in [-0.2, 0) is 26.2 Å². The van der Waals surface area contributed by atoms with Crippen LogP contribution in [-0.4, -0.2) is 43.3 Å². The number of halogens is 3. The maximum absolute atomic E-state index is 13.9. The summed E-state index contributed by atoms with van der Waals surface area (Å²) in [4.78, 5) is 28.3. The van der Waals surface area contributed by atoms with Crippen LogP contribution in [0, 0.1) is 12.7 Å². The molecule has 0 aromatic heterocycles. The van der Waals surface area contributed by atoms with E-state index in [9.17, 15) is 22.4 Å². The predicted molar refractivity (Wildman–Crippen MR) is 156 cm³/mol. The summed E-state index contributed by atoms with van der Waals surface area (Å²) < 4.78 is 42.2. The lowest BCUT2D eigenvalue weighted by atomic mass is 10.1. The molecule has 0 aliphatic carbocycles. The first-order chi connectivity index (χ1) is 18.6. The zero-order chi connectivity index (χ0) is 29.8. The largest absolute Gasteiger partial charge is 0.350 e. The average Bonchev–Trinajstić information content (AvgIpc) is 2.87. The van der Waals surface area contributed by atoms with Gasteiger partial charge in [-0.1, -0.05) is 59.1 Å². The molecule has 0 aliphatic heterocycles. The van der Waals surface area contributed by atoms with E-state index in [1.807, 2.05) is 6.92 Å². The van der Waals surface area contributed by atoms with Crippen molar-refractivity contribution < 1.29 is 22.4 Å². The Morgan fingerprint density at radius 2 is 1.57 bits per heavy atom. The zero-order valence-electron chi connectivity index (χ0n) is 22.9. The highest BCUT2D eigenvalue weighted by molar-refractivity contribution is 7.92. The van der Waals surface area contributed by atoms with Gasteiger partial charge in [-0.25, -0.2) is 12.8 Å². The van der Waals surface area contributed by atoms with E-state index in [0.29, 0.717) is 5.56 Å². The number of rotatable bonds is 9. The lowest BCUT2D eigenvalue weighted by molar-refractivity contribution is -0.140. The number of nitrogens with one attached hydrogen (secondary N) is 1. The minimum absolute atomic E-state index is 0.0108. The molecule has 0 spiro atoms. The summed E-state index contributed by atoms with van der Waals surface area (Å²) in [5, 5.41) is 2.91. The molecule has 3 rings (SSSR count). The monoisotopic (exact) mass is 607 g/mol. The molecule has 1 N–H and O–H groups in total. The molecule has 2 amide bonds. The Morgan fingerprint density at radius 1 is 0.975 bits per heavy atom. The highest BCUT2D eigenvalue weighted by Gasteiger charge is 2.34. The third-order valence-corrected chi connectivity index (χ3v) is 8.60. The van der Waals surface area contributed by atoms with Crippen molar-refractivity contribution in [1.82, 2.24) is 10.2 Å². The maximum atomic E-state index is 13.9. The third-order valence-electron chi connectivity index (χ3n) is 6.02. The molecule has 0 unspecified atom stereocenters. The minimum atomic E-state index is -4.30. The van der Waals surface area contributed by atoms with Crippen molar-refractivity contribution in [3.63, 3.8) is 0 Å². The van der Waals surface area contributed by atoms with Crippen LogP contribution in [0.15, 0.2) is 71.6 Å². The number of amides is 2. The molecular formula is C29H32Cl2FN3O4S. The summed E-state index contributed by atoms with van der Waals surface area (Å²) in [7, 11) is -4.30.